The van der Waals surface area contributed by atoms with E-state index in [-0.39, 0.29) is 0 Å². The average molecular weight is 247 g/mol. The summed E-state index contributed by atoms with van der Waals surface area (Å²) in [5.41, 5.74) is 0. The second-order valence-corrected chi connectivity index (χ2v) is 5.05. The van der Waals surface area contributed by atoms with Gasteiger partial charge in [-0.25, -0.2) is 0 Å². The average Bonchev–Trinajstić information content (AvgIpc) is 2.04. The summed E-state index contributed by atoms with van der Waals surface area (Å²) in [7, 11) is 2.15. The highest BCUT2D eigenvalue weighted by atomic mass is 79.9. The molecule has 0 spiro atoms. The van der Waals surface area contributed by atoms with Crippen LogP contribution < -0.4 is 5.32 Å². The first-order valence-electron chi connectivity index (χ1n) is 4.91. The van der Waals surface area contributed by atoms with E-state index in [1.807, 2.05) is 0 Å². The van der Waals surface area contributed by atoms with Crippen molar-refractivity contribution in [3.63, 3.8) is 0 Å². The predicted molar refractivity (Wildman–Crippen MR) is 61.2 cm³/mol. The summed E-state index contributed by atoms with van der Waals surface area (Å²) in [5, 5.41) is 3.43. The Labute approximate surface area is 89.5 Å². The maximum atomic E-state index is 3.85. The molecule has 1 unspecified atom stereocenters. The molecule has 0 aromatic carbocycles. The van der Waals surface area contributed by atoms with Crippen LogP contribution in [0, 0.1) is 5.92 Å². The number of nitrogens with one attached hydrogen (secondary N) is 1. The second-order valence-electron chi connectivity index (χ2n) is 3.93. The standard InChI is InChI=1S/C10H19BrN2/c1-9(11)7-13(2)8-10-4-3-5-12-6-10/h10,12H,1,3-8H2,2H3. The largest absolute Gasteiger partial charge is 0.316 e. The van der Waals surface area contributed by atoms with E-state index in [0.717, 1.165) is 16.9 Å². The Balaban J connectivity index is 2.18. The van der Waals surface area contributed by atoms with Gasteiger partial charge < -0.3 is 10.2 Å². The summed E-state index contributed by atoms with van der Waals surface area (Å²) >= 11 is 3.39. The van der Waals surface area contributed by atoms with Crippen LogP contribution in [0.1, 0.15) is 12.8 Å². The third kappa shape index (κ3) is 4.79. The van der Waals surface area contributed by atoms with Crippen LogP contribution in [0.5, 0.6) is 0 Å². The van der Waals surface area contributed by atoms with E-state index in [9.17, 15) is 0 Å². The fourth-order valence-corrected chi connectivity index (χ4v) is 2.31. The molecule has 1 aliphatic heterocycles. The third-order valence-electron chi connectivity index (χ3n) is 2.41. The maximum absolute atomic E-state index is 3.85. The van der Waals surface area contributed by atoms with E-state index < -0.39 is 0 Å². The summed E-state index contributed by atoms with van der Waals surface area (Å²) in [6.45, 7) is 8.36. The van der Waals surface area contributed by atoms with E-state index in [1.165, 1.54) is 32.5 Å². The topological polar surface area (TPSA) is 15.3 Å². The van der Waals surface area contributed by atoms with Crippen LogP contribution in [0.25, 0.3) is 0 Å². The molecule has 0 aromatic rings. The number of hydrogen-bond acceptors (Lipinski definition) is 2. The quantitative estimate of drug-likeness (QED) is 0.815. The van der Waals surface area contributed by atoms with Crippen LogP contribution in [-0.2, 0) is 0 Å². The molecule has 1 saturated heterocycles. The lowest BCUT2D eigenvalue weighted by atomic mass is 9.99. The highest BCUT2D eigenvalue weighted by Gasteiger charge is 2.14. The van der Waals surface area contributed by atoms with E-state index in [1.54, 1.807) is 0 Å². The zero-order valence-corrected chi connectivity index (χ0v) is 9.94. The first kappa shape index (κ1) is 11.2. The van der Waals surface area contributed by atoms with Crippen LogP contribution in [-0.4, -0.2) is 38.1 Å². The number of nitrogens with zero attached hydrogens (tertiary/aromatic N) is 1. The Morgan fingerprint density at radius 2 is 2.46 bits per heavy atom. The van der Waals surface area contributed by atoms with Gasteiger partial charge in [0.1, 0.15) is 0 Å². The van der Waals surface area contributed by atoms with Crippen molar-refractivity contribution in [2.45, 2.75) is 12.8 Å². The molecule has 1 atom stereocenters. The smallest absolute Gasteiger partial charge is 0.0290 e. The molecule has 0 aromatic heterocycles. The van der Waals surface area contributed by atoms with Crippen LogP contribution in [0.2, 0.25) is 0 Å². The fraction of sp³-hybridized carbons (Fsp3) is 0.800. The van der Waals surface area contributed by atoms with Crippen molar-refractivity contribution >= 4 is 15.9 Å². The molecule has 1 N–H and O–H groups in total. The molecule has 0 radical (unpaired) electrons. The molecule has 3 heteroatoms. The van der Waals surface area contributed by atoms with E-state index in [2.05, 4.69) is 39.8 Å². The molecule has 0 aliphatic carbocycles. The highest BCUT2D eigenvalue weighted by Crippen LogP contribution is 2.12. The molecule has 1 rings (SSSR count). The van der Waals surface area contributed by atoms with Crippen LogP contribution in [0.15, 0.2) is 11.1 Å². The summed E-state index contributed by atoms with van der Waals surface area (Å²) in [5.74, 6) is 0.825. The molecule has 0 amide bonds. The minimum absolute atomic E-state index is 0.825. The van der Waals surface area contributed by atoms with E-state index >= 15 is 0 Å². The molecule has 1 heterocycles. The number of piperidine rings is 1. The summed E-state index contributed by atoms with van der Waals surface area (Å²) in [6, 6.07) is 0. The highest BCUT2D eigenvalue weighted by molar-refractivity contribution is 9.11. The summed E-state index contributed by atoms with van der Waals surface area (Å²) in [6.07, 6.45) is 2.69. The monoisotopic (exact) mass is 246 g/mol. The first-order chi connectivity index (χ1) is 6.18. The lowest BCUT2D eigenvalue weighted by Gasteiger charge is -2.27. The van der Waals surface area contributed by atoms with Crippen molar-refractivity contribution in [1.82, 2.24) is 10.2 Å². The first-order valence-corrected chi connectivity index (χ1v) is 5.70. The zero-order chi connectivity index (χ0) is 9.68. The van der Waals surface area contributed by atoms with Crippen molar-refractivity contribution in [2.75, 3.05) is 33.2 Å². The zero-order valence-electron chi connectivity index (χ0n) is 8.35. The maximum Gasteiger partial charge on any atom is 0.0290 e. The molecule has 76 valence electrons. The van der Waals surface area contributed by atoms with E-state index in [4.69, 9.17) is 0 Å². The second kappa shape index (κ2) is 5.78. The number of rotatable bonds is 4. The third-order valence-corrected chi connectivity index (χ3v) is 2.66. The lowest BCUT2D eigenvalue weighted by molar-refractivity contribution is 0.259. The number of halogens is 1. The molecule has 2 nitrogen and oxygen atoms in total. The lowest BCUT2D eigenvalue weighted by Crippen LogP contribution is -2.37. The number of likely N-dealkylation sites (N-methyl/N-ethyl adjacent to an activating group) is 1. The van der Waals surface area contributed by atoms with Gasteiger partial charge in [0.15, 0.2) is 0 Å². The Kier molecular flexibility index (Phi) is 4.99. The minimum atomic E-state index is 0.825. The van der Waals surface area contributed by atoms with Crippen molar-refractivity contribution in [1.29, 1.82) is 0 Å². The molecule has 0 saturated carbocycles. The van der Waals surface area contributed by atoms with Gasteiger partial charge in [-0.15, -0.1) is 0 Å². The number of hydrogen-bond donors (Lipinski definition) is 1. The minimum Gasteiger partial charge on any atom is -0.316 e. The van der Waals surface area contributed by atoms with Gasteiger partial charge in [0.2, 0.25) is 0 Å². The molecule has 1 aliphatic rings. The Morgan fingerprint density at radius 3 is 3.00 bits per heavy atom. The Morgan fingerprint density at radius 1 is 1.69 bits per heavy atom. The Hall–Kier alpha value is 0.140. The van der Waals surface area contributed by atoms with Crippen LogP contribution in [0.4, 0.5) is 0 Å². The Bertz CT molecular complexity index is 164. The van der Waals surface area contributed by atoms with Gasteiger partial charge in [0.05, 0.1) is 0 Å². The van der Waals surface area contributed by atoms with Crippen LogP contribution >= 0.6 is 15.9 Å². The van der Waals surface area contributed by atoms with Gasteiger partial charge in [-0.2, -0.15) is 0 Å². The molecular weight excluding hydrogens is 228 g/mol. The normalized spacial score (nSPS) is 23.5. The molecule has 13 heavy (non-hydrogen) atoms. The van der Waals surface area contributed by atoms with Gasteiger partial charge in [0, 0.05) is 17.6 Å². The van der Waals surface area contributed by atoms with Gasteiger partial charge >= 0.3 is 0 Å². The van der Waals surface area contributed by atoms with Crippen molar-refractivity contribution < 1.29 is 0 Å². The molecule has 0 bridgehead atoms. The van der Waals surface area contributed by atoms with E-state index in [0.29, 0.717) is 0 Å². The predicted octanol–water partition coefficient (Wildman–Crippen LogP) is 1.83. The SMILES string of the molecule is C=C(Br)CN(C)CC1CCCNC1. The van der Waals surface area contributed by atoms with Crippen LogP contribution in [0.3, 0.4) is 0 Å². The van der Waals surface area contributed by atoms with Gasteiger partial charge in [0.25, 0.3) is 0 Å². The van der Waals surface area contributed by atoms with Crippen molar-refractivity contribution in [3.8, 4) is 0 Å². The molecule has 1 fully saturated rings. The fourth-order valence-electron chi connectivity index (χ4n) is 1.88. The van der Waals surface area contributed by atoms with Gasteiger partial charge in [-0.3, -0.25) is 0 Å². The van der Waals surface area contributed by atoms with Crippen molar-refractivity contribution in [3.05, 3.63) is 11.1 Å². The summed E-state index contributed by atoms with van der Waals surface area (Å²) < 4.78 is 1.07. The van der Waals surface area contributed by atoms with Gasteiger partial charge in [-0.1, -0.05) is 22.5 Å². The van der Waals surface area contributed by atoms with Gasteiger partial charge in [-0.05, 0) is 38.9 Å². The summed E-state index contributed by atoms with van der Waals surface area (Å²) in [4.78, 5) is 2.33. The molecular formula is C10H19BrN2. The van der Waals surface area contributed by atoms with Crippen molar-refractivity contribution in [2.24, 2.45) is 5.92 Å².